The molecule has 2 aliphatic rings. The number of thiazole rings is 1. The van der Waals surface area contributed by atoms with Gasteiger partial charge in [0.25, 0.3) is 5.56 Å². The summed E-state index contributed by atoms with van der Waals surface area (Å²) in [6.45, 7) is 3.22. The highest BCUT2D eigenvalue weighted by molar-refractivity contribution is 7.15. The molecule has 0 unspecified atom stereocenters. The maximum absolute atomic E-state index is 14.3. The number of methoxy groups -OCH3 is 2. The molecule has 8 rings (SSSR count). The Bertz CT molecular complexity index is 2280. The largest absolute Gasteiger partial charge is 0.497 e. The Morgan fingerprint density at radius 3 is 2.44 bits per heavy atom. The van der Waals surface area contributed by atoms with Crippen molar-refractivity contribution in [3.05, 3.63) is 112 Å². The van der Waals surface area contributed by atoms with E-state index in [0.717, 1.165) is 58.5 Å². The van der Waals surface area contributed by atoms with E-state index in [4.69, 9.17) is 9.47 Å². The van der Waals surface area contributed by atoms with Crippen molar-refractivity contribution in [2.75, 3.05) is 40.4 Å². The summed E-state index contributed by atoms with van der Waals surface area (Å²) in [5, 5.41) is 17.4. The van der Waals surface area contributed by atoms with Gasteiger partial charge in [0.05, 0.1) is 38.2 Å². The van der Waals surface area contributed by atoms with Crippen molar-refractivity contribution in [2.45, 2.75) is 43.9 Å². The fourth-order valence-electron chi connectivity index (χ4n) is 7.69. The number of rotatable bonds is 10. The molecule has 6 aromatic rings. The van der Waals surface area contributed by atoms with Gasteiger partial charge in [-0.15, -0.1) is 11.3 Å². The molecule has 0 aliphatic carbocycles. The molecule has 0 saturated carbocycles. The van der Waals surface area contributed by atoms with E-state index in [1.165, 1.54) is 17.1 Å². The van der Waals surface area contributed by atoms with Crippen molar-refractivity contribution in [1.82, 2.24) is 39.1 Å². The number of aliphatic hydroxyl groups is 1. The first-order chi connectivity index (χ1) is 26.3. The van der Waals surface area contributed by atoms with Gasteiger partial charge in [0.15, 0.2) is 5.65 Å². The van der Waals surface area contributed by atoms with Crippen LogP contribution in [0.4, 0.5) is 0 Å². The predicted octanol–water partition coefficient (Wildman–Crippen LogP) is 4.78. The molecule has 4 aromatic heterocycles. The van der Waals surface area contributed by atoms with Crippen molar-refractivity contribution >= 4 is 28.3 Å². The molecule has 2 aliphatic heterocycles. The molecule has 1 amide bonds. The number of hydrogen-bond donors (Lipinski definition) is 1. The third kappa shape index (κ3) is 7.24. The highest BCUT2D eigenvalue weighted by Gasteiger charge is 2.41. The summed E-state index contributed by atoms with van der Waals surface area (Å²) < 4.78 is 13.5. The molecule has 2 atom stereocenters. The molecule has 54 heavy (non-hydrogen) atoms. The van der Waals surface area contributed by atoms with Gasteiger partial charge in [-0.1, -0.05) is 30.3 Å². The van der Waals surface area contributed by atoms with E-state index in [2.05, 4.69) is 37.1 Å². The smallest absolute Gasteiger partial charge is 0.264 e. The average molecular weight is 747 g/mol. The lowest BCUT2D eigenvalue weighted by atomic mass is 9.79. The summed E-state index contributed by atoms with van der Waals surface area (Å²) in [4.78, 5) is 46.8. The van der Waals surface area contributed by atoms with Gasteiger partial charge in [0.1, 0.15) is 22.5 Å². The summed E-state index contributed by atoms with van der Waals surface area (Å²) in [6.07, 6.45) is 8.16. The number of nitrogens with zero attached hydrogens (tertiary/aromatic N) is 8. The molecule has 2 aromatic carbocycles. The van der Waals surface area contributed by atoms with E-state index in [0.29, 0.717) is 42.8 Å². The van der Waals surface area contributed by atoms with Crippen LogP contribution in [-0.4, -0.2) is 96.1 Å². The van der Waals surface area contributed by atoms with Crippen molar-refractivity contribution in [3.63, 3.8) is 0 Å². The van der Waals surface area contributed by atoms with Crippen molar-refractivity contribution < 1.29 is 19.4 Å². The number of pyridine rings is 1. The van der Waals surface area contributed by atoms with Gasteiger partial charge in [0.2, 0.25) is 11.8 Å². The third-order valence-electron chi connectivity index (χ3n) is 10.7. The molecule has 0 spiro atoms. The van der Waals surface area contributed by atoms with E-state index in [1.54, 1.807) is 36.4 Å². The van der Waals surface area contributed by atoms with Crippen LogP contribution in [0.3, 0.4) is 0 Å². The van der Waals surface area contributed by atoms with Crippen LogP contribution < -0.4 is 15.0 Å². The number of aromatic nitrogens is 6. The second-order valence-corrected chi connectivity index (χ2v) is 15.2. The van der Waals surface area contributed by atoms with Gasteiger partial charge in [-0.25, -0.2) is 19.6 Å². The number of hydrogen-bond acceptors (Lipinski definition) is 11. The van der Waals surface area contributed by atoms with Crippen molar-refractivity contribution in [2.24, 2.45) is 5.92 Å². The zero-order valence-electron chi connectivity index (χ0n) is 30.2. The standard InChI is InChI=1S/C40H42N8O5S/c1-52-30-11-9-29(10-12-30)48-36-33(22-44-48)39(50)47(26-43-36)25-40(51)15-18-46(19-16-40)38(49)32-14-17-45(24-34(32)27-6-4-3-5-7-27)23-31-21-42-37(54-31)28-8-13-35(53-2)41-20-28/h3-13,20-22,26,32,34,51H,14-19,23-25H2,1-2H3/t32-,34+/m1/s1. The highest BCUT2D eigenvalue weighted by atomic mass is 32.1. The Morgan fingerprint density at radius 1 is 0.926 bits per heavy atom. The summed E-state index contributed by atoms with van der Waals surface area (Å²) in [5.74, 6) is 1.27. The summed E-state index contributed by atoms with van der Waals surface area (Å²) in [7, 11) is 3.21. The van der Waals surface area contributed by atoms with Crippen LogP contribution in [0.25, 0.3) is 27.3 Å². The molecule has 14 heteroatoms. The van der Waals surface area contributed by atoms with E-state index in [1.807, 2.05) is 65.7 Å². The minimum absolute atomic E-state index is 0.0293. The number of ether oxygens (including phenoxy) is 2. The van der Waals surface area contributed by atoms with Gasteiger partial charge in [-0.05, 0) is 61.7 Å². The summed E-state index contributed by atoms with van der Waals surface area (Å²) >= 11 is 1.66. The number of piperidine rings is 2. The molecular weight excluding hydrogens is 705 g/mol. The Balaban J connectivity index is 0.919. The van der Waals surface area contributed by atoms with Crippen LogP contribution in [0.1, 0.15) is 35.6 Å². The van der Waals surface area contributed by atoms with Crippen LogP contribution in [-0.2, 0) is 17.9 Å². The minimum atomic E-state index is -1.15. The lowest BCUT2D eigenvalue weighted by Gasteiger charge is -2.43. The predicted molar refractivity (Wildman–Crippen MR) is 205 cm³/mol. The SMILES string of the molecule is COc1ccc(-n2ncc3c(=O)n(CC4(O)CCN(C(=O)[C@@H]5CCN(Cc6cnc(-c7ccc(OC)nc7)s6)C[C@H]5c5ccccc5)CC4)cnc32)cc1. The normalized spacial score (nSPS) is 18.8. The molecule has 2 fully saturated rings. The quantitative estimate of drug-likeness (QED) is 0.208. The van der Waals surface area contributed by atoms with Gasteiger partial charge >= 0.3 is 0 Å². The van der Waals surface area contributed by atoms with Gasteiger partial charge in [0, 0.05) is 66.9 Å². The number of likely N-dealkylation sites (tertiary alicyclic amines) is 2. The second-order valence-electron chi connectivity index (χ2n) is 14.1. The average Bonchev–Trinajstić information content (AvgIpc) is 3.87. The molecule has 13 nitrogen and oxygen atoms in total. The first kappa shape index (κ1) is 35.6. The molecule has 0 radical (unpaired) electrons. The van der Waals surface area contributed by atoms with Crippen molar-refractivity contribution in [1.29, 1.82) is 0 Å². The molecule has 278 valence electrons. The second kappa shape index (κ2) is 15.1. The maximum Gasteiger partial charge on any atom is 0.264 e. The highest BCUT2D eigenvalue weighted by Crippen LogP contribution is 2.37. The van der Waals surface area contributed by atoms with Gasteiger partial charge in [-0.3, -0.25) is 19.1 Å². The van der Waals surface area contributed by atoms with Crippen LogP contribution in [0.2, 0.25) is 0 Å². The Hall–Kier alpha value is -5.44. The van der Waals surface area contributed by atoms with Gasteiger partial charge in [-0.2, -0.15) is 5.10 Å². The monoisotopic (exact) mass is 746 g/mol. The first-order valence-electron chi connectivity index (χ1n) is 18.1. The van der Waals surface area contributed by atoms with E-state index in [-0.39, 0.29) is 29.8 Å². The molecule has 0 bridgehead atoms. The molecule has 1 N–H and O–H groups in total. The number of carbonyl (C=O) groups excluding carboxylic acids is 1. The zero-order valence-corrected chi connectivity index (χ0v) is 31.1. The summed E-state index contributed by atoms with van der Waals surface area (Å²) in [5.41, 5.74) is 1.88. The van der Waals surface area contributed by atoms with Crippen molar-refractivity contribution in [3.8, 4) is 27.9 Å². The minimum Gasteiger partial charge on any atom is -0.497 e. The van der Waals surface area contributed by atoms with Crippen LogP contribution >= 0.6 is 11.3 Å². The number of benzene rings is 2. The number of amides is 1. The Labute approximate surface area is 316 Å². The van der Waals surface area contributed by atoms with Crippen LogP contribution in [0, 0.1) is 5.92 Å². The number of fused-ring (bicyclic) bond motifs is 1. The summed E-state index contributed by atoms with van der Waals surface area (Å²) in [6, 6.07) is 21.5. The lowest BCUT2D eigenvalue weighted by molar-refractivity contribution is -0.142. The lowest BCUT2D eigenvalue weighted by Crippen LogP contribution is -2.53. The third-order valence-corrected chi connectivity index (χ3v) is 11.7. The van der Waals surface area contributed by atoms with Gasteiger partial charge < -0.3 is 19.5 Å². The number of carbonyl (C=O) groups is 1. The van der Waals surface area contributed by atoms with Crippen LogP contribution in [0.15, 0.2) is 96.4 Å². The van der Waals surface area contributed by atoms with E-state index >= 15 is 0 Å². The first-order valence-corrected chi connectivity index (χ1v) is 18.9. The topological polar surface area (TPSA) is 141 Å². The molecular formula is C40H42N8O5S. The maximum atomic E-state index is 14.3. The van der Waals surface area contributed by atoms with Crippen LogP contribution in [0.5, 0.6) is 11.6 Å². The fraction of sp³-hybridized carbons (Fsp3) is 0.350. The van der Waals surface area contributed by atoms with E-state index in [9.17, 15) is 14.7 Å². The fourth-order valence-corrected chi connectivity index (χ4v) is 8.63. The van der Waals surface area contributed by atoms with E-state index < -0.39 is 5.60 Å². The molecule has 6 heterocycles. The molecule has 2 saturated heterocycles. The zero-order chi connectivity index (χ0) is 37.2. The Kier molecular flexibility index (Phi) is 9.97. The Morgan fingerprint density at radius 2 is 1.72 bits per heavy atom.